The van der Waals surface area contributed by atoms with E-state index < -0.39 is 12.1 Å². The van der Waals surface area contributed by atoms with E-state index in [0.717, 1.165) is 51.4 Å². The molecule has 1 unspecified atom stereocenters. The van der Waals surface area contributed by atoms with Crippen LogP contribution in [-0.2, 0) is 9.59 Å². The lowest BCUT2D eigenvalue weighted by molar-refractivity contribution is -0.137. The maximum absolute atomic E-state index is 12.0. The Morgan fingerprint density at radius 2 is 1.96 bits per heavy atom. The molecule has 1 aliphatic carbocycles. The number of carboxylic acid groups (broad SMARTS) is 1. The molecule has 0 aliphatic heterocycles. The molecule has 0 heterocycles. The number of allylic oxidation sites excluding steroid dienone is 3. The Bertz CT molecular complexity index is 439. The van der Waals surface area contributed by atoms with E-state index in [1.54, 1.807) is 6.08 Å². The Morgan fingerprint density at radius 3 is 2.67 bits per heavy atom. The van der Waals surface area contributed by atoms with Gasteiger partial charge in [-0.2, -0.15) is 0 Å². The number of carbonyl (C=O) groups is 2. The number of rotatable bonds is 13. The Kier molecular flexibility index (Phi) is 10.3. The molecule has 0 saturated heterocycles. The van der Waals surface area contributed by atoms with Gasteiger partial charge < -0.3 is 10.2 Å². The molecule has 0 aromatic carbocycles. The molecule has 2 N–H and O–H groups in total. The molecule has 0 aromatic heterocycles. The highest BCUT2D eigenvalue weighted by atomic mass is 16.4. The first-order valence-corrected chi connectivity index (χ1v) is 9.34. The fourth-order valence-electron chi connectivity index (χ4n) is 3.14. The maximum Gasteiger partial charge on any atom is 0.303 e. The van der Waals surface area contributed by atoms with Crippen molar-refractivity contribution in [2.45, 2.75) is 77.2 Å². The van der Waals surface area contributed by atoms with Crippen LogP contribution in [0.2, 0.25) is 0 Å². The third-order valence-electron chi connectivity index (χ3n) is 4.63. The van der Waals surface area contributed by atoms with Gasteiger partial charge in [0.1, 0.15) is 0 Å². The van der Waals surface area contributed by atoms with Crippen LogP contribution in [0, 0.1) is 11.8 Å². The van der Waals surface area contributed by atoms with Gasteiger partial charge in [-0.3, -0.25) is 9.59 Å². The van der Waals surface area contributed by atoms with E-state index in [0.29, 0.717) is 6.42 Å². The fourth-order valence-corrected chi connectivity index (χ4v) is 3.14. The molecular weight excluding hydrogens is 304 g/mol. The summed E-state index contributed by atoms with van der Waals surface area (Å²) in [6.45, 7) is 2.14. The van der Waals surface area contributed by atoms with Crippen molar-refractivity contribution >= 4 is 11.8 Å². The quantitative estimate of drug-likeness (QED) is 0.389. The number of carboxylic acids is 1. The number of aliphatic carboxylic acids is 1. The monoisotopic (exact) mass is 336 g/mol. The van der Waals surface area contributed by atoms with Crippen LogP contribution in [0.1, 0.15) is 71.1 Å². The molecule has 0 fully saturated rings. The SMILES string of the molecule is CCCCC[C@@H](O)/C=C/[C@H]1C=CC(=O)C1CCCCCCC(=O)O. The van der Waals surface area contributed by atoms with Crippen LogP contribution in [0.15, 0.2) is 24.3 Å². The number of aliphatic hydroxyl groups excluding tert-OH is 1. The molecule has 0 aromatic rings. The van der Waals surface area contributed by atoms with Crippen LogP contribution in [0.25, 0.3) is 0 Å². The van der Waals surface area contributed by atoms with Crippen molar-refractivity contribution in [1.29, 1.82) is 0 Å². The zero-order valence-electron chi connectivity index (χ0n) is 14.8. The average molecular weight is 336 g/mol. The second-order valence-electron chi connectivity index (χ2n) is 6.74. The number of hydrogen-bond acceptors (Lipinski definition) is 3. The first-order chi connectivity index (χ1) is 11.5. The van der Waals surface area contributed by atoms with Crippen molar-refractivity contribution < 1.29 is 19.8 Å². The normalized spacial score (nSPS) is 21.7. The molecule has 1 aliphatic rings. The van der Waals surface area contributed by atoms with Gasteiger partial charge in [0.05, 0.1) is 6.10 Å². The summed E-state index contributed by atoms with van der Waals surface area (Å²) in [5, 5.41) is 18.6. The summed E-state index contributed by atoms with van der Waals surface area (Å²) in [6, 6.07) is 0. The minimum absolute atomic E-state index is 0.0106. The van der Waals surface area contributed by atoms with Gasteiger partial charge in [0.2, 0.25) is 0 Å². The van der Waals surface area contributed by atoms with Crippen molar-refractivity contribution in [3.63, 3.8) is 0 Å². The number of carbonyl (C=O) groups excluding carboxylic acids is 1. The molecule has 0 radical (unpaired) electrons. The Hall–Kier alpha value is -1.42. The lowest BCUT2D eigenvalue weighted by atomic mass is 9.88. The molecule has 0 saturated carbocycles. The second-order valence-corrected chi connectivity index (χ2v) is 6.74. The van der Waals surface area contributed by atoms with Gasteiger partial charge >= 0.3 is 5.97 Å². The van der Waals surface area contributed by atoms with Gasteiger partial charge in [0, 0.05) is 18.3 Å². The standard InChI is InChI=1S/C20H32O4/c1-2-3-6-9-17(21)14-12-16-13-15-19(22)18(16)10-7-4-5-8-11-20(23)24/h12-18,21H,2-11H2,1H3,(H,23,24)/b14-12+/t16-,17+,18?/m0/s1. The number of hydrogen-bond donors (Lipinski definition) is 2. The molecule has 24 heavy (non-hydrogen) atoms. The number of unbranched alkanes of at least 4 members (excludes halogenated alkanes) is 5. The molecule has 0 spiro atoms. The summed E-state index contributed by atoms with van der Waals surface area (Å²) in [5.74, 6) is -0.482. The van der Waals surface area contributed by atoms with Crippen molar-refractivity contribution in [3.05, 3.63) is 24.3 Å². The molecule has 3 atom stereocenters. The summed E-state index contributed by atoms with van der Waals surface area (Å²) < 4.78 is 0. The predicted molar refractivity (Wildman–Crippen MR) is 95.8 cm³/mol. The van der Waals surface area contributed by atoms with E-state index in [9.17, 15) is 14.7 Å². The maximum atomic E-state index is 12.0. The van der Waals surface area contributed by atoms with Crippen LogP contribution >= 0.6 is 0 Å². The second kappa shape index (κ2) is 12.0. The zero-order chi connectivity index (χ0) is 17.8. The first kappa shape index (κ1) is 20.6. The summed E-state index contributed by atoms with van der Waals surface area (Å²) in [7, 11) is 0. The van der Waals surface area contributed by atoms with Gasteiger partial charge in [0.15, 0.2) is 5.78 Å². The van der Waals surface area contributed by atoms with Crippen LogP contribution in [-0.4, -0.2) is 28.1 Å². The Balaban J connectivity index is 2.29. The summed E-state index contributed by atoms with van der Waals surface area (Å²) in [4.78, 5) is 22.4. The summed E-state index contributed by atoms with van der Waals surface area (Å²) >= 11 is 0. The van der Waals surface area contributed by atoms with Gasteiger partial charge in [-0.1, -0.05) is 63.7 Å². The van der Waals surface area contributed by atoms with E-state index in [2.05, 4.69) is 6.92 Å². The fraction of sp³-hybridized carbons (Fsp3) is 0.700. The predicted octanol–water partition coefficient (Wildman–Crippen LogP) is 4.28. The first-order valence-electron chi connectivity index (χ1n) is 9.34. The third-order valence-corrected chi connectivity index (χ3v) is 4.63. The Morgan fingerprint density at radius 1 is 1.21 bits per heavy atom. The topological polar surface area (TPSA) is 74.6 Å². The van der Waals surface area contributed by atoms with Crippen molar-refractivity contribution in [3.8, 4) is 0 Å². The van der Waals surface area contributed by atoms with Gasteiger partial charge in [-0.15, -0.1) is 0 Å². The smallest absolute Gasteiger partial charge is 0.303 e. The third kappa shape index (κ3) is 8.44. The van der Waals surface area contributed by atoms with Crippen LogP contribution in [0.5, 0.6) is 0 Å². The number of aliphatic hydroxyl groups is 1. The van der Waals surface area contributed by atoms with Gasteiger partial charge in [-0.05, 0) is 25.3 Å². The molecule has 0 bridgehead atoms. The largest absolute Gasteiger partial charge is 0.481 e. The van der Waals surface area contributed by atoms with Gasteiger partial charge in [0.25, 0.3) is 0 Å². The highest BCUT2D eigenvalue weighted by Crippen LogP contribution is 2.29. The highest BCUT2D eigenvalue weighted by molar-refractivity contribution is 5.94. The number of ketones is 1. The van der Waals surface area contributed by atoms with Crippen molar-refractivity contribution in [1.82, 2.24) is 0 Å². The van der Waals surface area contributed by atoms with Crippen LogP contribution in [0.4, 0.5) is 0 Å². The summed E-state index contributed by atoms with van der Waals surface area (Å²) in [6.07, 6.45) is 15.7. The lowest BCUT2D eigenvalue weighted by Crippen LogP contribution is -2.15. The zero-order valence-corrected chi connectivity index (χ0v) is 14.8. The van der Waals surface area contributed by atoms with E-state index >= 15 is 0 Å². The molecule has 136 valence electrons. The van der Waals surface area contributed by atoms with Crippen LogP contribution in [0.3, 0.4) is 0 Å². The summed E-state index contributed by atoms with van der Waals surface area (Å²) in [5.41, 5.74) is 0. The molecule has 4 heteroatoms. The molecule has 4 nitrogen and oxygen atoms in total. The highest BCUT2D eigenvalue weighted by Gasteiger charge is 2.27. The van der Waals surface area contributed by atoms with E-state index in [4.69, 9.17) is 5.11 Å². The van der Waals surface area contributed by atoms with Crippen molar-refractivity contribution in [2.75, 3.05) is 0 Å². The lowest BCUT2D eigenvalue weighted by Gasteiger charge is -2.15. The minimum atomic E-state index is -0.743. The minimum Gasteiger partial charge on any atom is -0.481 e. The molecule has 1 rings (SSSR count). The van der Waals surface area contributed by atoms with E-state index in [-0.39, 0.29) is 24.0 Å². The van der Waals surface area contributed by atoms with E-state index in [1.807, 2.05) is 18.2 Å². The van der Waals surface area contributed by atoms with Crippen molar-refractivity contribution in [2.24, 2.45) is 11.8 Å². The van der Waals surface area contributed by atoms with E-state index in [1.165, 1.54) is 0 Å². The van der Waals surface area contributed by atoms with Gasteiger partial charge in [-0.25, -0.2) is 0 Å². The van der Waals surface area contributed by atoms with Crippen LogP contribution < -0.4 is 0 Å². The molecular formula is C20H32O4. The Labute approximate surface area is 145 Å². The molecule has 0 amide bonds. The average Bonchev–Trinajstić information content (AvgIpc) is 2.89.